The van der Waals surface area contributed by atoms with Crippen molar-refractivity contribution in [3.63, 3.8) is 0 Å². The third kappa shape index (κ3) is 3.92. The number of nitrogens with one attached hydrogen (secondary N) is 3. The maximum atomic E-state index is 12.6. The molecular formula is C18H18N4O3S. The third-order valence-electron chi connectivity index (χ3n) is 3.82. The summed E-state index contributed by atoms with van der Waals surface area (Å²) in [7, 11) is -3.81. The number of carbonyl (C=O) groups excluding carboxylic acids is 1. The number of nitrogens with zero attached hydrogens (tertiary/aromatic N) is 1. The van der Waals surface area contributed by atoms with Crippen LogP contribution in [0.4, 0.5) is 11.4 Å². The van der Waals surface area contributed by atoms with Crippen LogP contribution in [0.2, 0.25) is 0 Å². The molecule has 0 aliphatic rings. The molecule has 0 radical (unpaired) electrons. The van der Waals surface area contributed by atoms with Crippen molar-refractivity contribution in [3.05, 3.63) is 71.5 Å². The number of aromatic amines is 1. The van der Waals surface area contributed by atoms with Crippen LogP contribution >= 0.6 is 0 Å². The number of hydrogen-bond donors (Lipinski definition) is 3. The van der Waals surface area contributed by atoms with Crippen LogP contribution in [0.3, 0.4) is 0 Å². The second-order valence-electron chi connectivity index (χ2n) is 5.89. The van der Waals surface area contributed by atoms with Crippen LogP contribution in [0, 0.1) is 13.8 Å². The minimum absolute atomic E-state index is 0.0148. The van der Waals surface area contributed by atoms with Gasteiger partial charge in [-0.2, -0.15) is 5.10 Å². The van der Waals surface area contributed by atoms with E-state index in [4.69, 9.17) is 0 Å². The lowest BCUT2D eigenvalue weighted by molar-refractivity contribution is 0.102. The highest BCUT2D eigenvalue weighted by atomic mass is 32.2. The molecule has 0 atom stereocenters. The van der Waals surface area contributed by atoms with Gasteiger partial charge in [-0.25, -0.2) is 8.42 Å². The van der Waals surface area contributed by atoms with Gasteiger partial charge in [-0.15, -0.1) is 0 Å². The Labute approximate surface area is 151 Å². The number of rotatable bonds is 5. The molecule has 2 aromatic carbocycles. The molecule has 3 N–H and O–H groups in total. The summed E-state index contributed by atoms with van der Waals surface area (Å²) in [5, 5.41) is 9.02. The highest BCUT2D eigenvalue weighted by Gasteiger charge is 2.18. The van der Waals surface area contributed by atoms with E-state index in [0.29, 0.717) is 16.9 Å². The molecule has 26 heavy (non-hydrogen) atoms. The first kappa shape index (κ1) is 17.7. The van der Waals surface area contributed by atoms with Crippen molar-refractivity contribution in [1.29, 1.82) is 0 Å². The van der Waals surface area contributed by atoms with Gasteiger partial charge in [0.05, 0.1) is 16.8 Å². The van der Waals surface area contributed by atoms with E-state index in [1.54, 1.807) is 25.1 Å². The molecule has 134 valence electrons. The minimum atomic E-state index is -3.81. The van der Waals surface area contributed by atoms with Crippen molar-refractivity contribution < 1.29 is 13.2 Å². The van der Waals surface area contributed by atoms with Crippen LogP contribution in [0.15, 0.2) is 59.8 Å². The SMILES string of the molecule is Cc1ccc(NS(=O)(=O)c2ccc(C)c(C(=O)Nc3cn[nH]c3)c2)cc1. The van der Waals surface area contributed by atoms with Gasteiger partial charge in [-0.1, -0.05) is 23.8 Å². The van der Waals surface area contributed by atoms with Crippen LogP contribution in [0.1, 0.15) is 21.5 Å². The Hall–Kier alpha value is -3.13. The molecule has 3 rings (SSSR count). The van der Waals surface area contributed by atoms with E-state index in [2.05, 4.69) is 20.2 Å². The van der Waals surface area contributed by atoms with Crippen molar-refractivity contribution in [2.45, 2.75) is 18.7 Å². The van der Waals surface area contributed by atoms with Crippen molar-refractivity contribution in [1.82, 2.24) is 10.2 Å². The molecule has 7 nitrogen and oxygen atoms in total. The van der Waals surface area contributed by atoms with Crippen molar-refractivity contribution in [3.8, 4) is 0 Å². The van der Waals surface area contributed by atoms with E-state index in [9.17, 15) is 13.2 Å². The second-order valence-corrected chi connectivity index (χ2v) is 7.57. The Bertz CT molecular complexity index is 1030. The fourth-order valence-electron chi connectivity index (χ4n) is 2.37. The van der Waals surface area contributed by atoms with E-state index >= 15 is 0 Å². The molecule has 0 aliphatic carbocycles. The second kappa shape index (κ2) is 7.01. The molecule has 0 bridgehead atoms. The summed E-state index contributed by atoms with van der Waals surface area (Å²) >= 11 is 0. The van der Waals surface area contributed by atoms with Crippen LogP contribution in [-0.2, 0) is 10.0 Å². The lowest BCUT2D eigenvalue weighted by Gasteiger charge is -2.11. The summed E-state index contributed by atoms with van der Waals surface area (Å²) in [5.41, 5.74) is 2.93. The number of H-pyrrole nitrogens is 1. The zero-order chi connectivity index (χ0) is 18.7. The van der Waals surface area contributed by atoms with Gasteiger partial charge in [0.1, 0.15) is 0 Å². The fraction of sp³-hybridized carbons (Fsp3) is 0.111. The molecule has 8 heteroatoms. The number of aromatic nitrogens is 2. The normalized spacial score (nSPS) is 11.2. The smallest absolute Gasteiger partial charge is 0.261 e. The minimum Gasteiger partial charge on any atom is -0.319 e. The molecule has 0 aliphatic heterocycles. The van der Waals surface area contributed by atoms with Gasteiger partial charge in [0.2, 0.25) is 0 Å². The molecule has 1 heterocycles. The van der Waals surface area contributed by atoms with Gasteiger partial charge in [0.25, 0.3) is 15.9 Å². The van der Waals surface area contributed by atoms with Gasteiger partial charge in [0, 0.05) is 17.4 Å². The number of benzene rings is 2. The van der Waals surface area contributed by atoms with Gasteiger partial charge in [-0.3, -0.25) is 14.6 Å². The summed E-state index contributed by atoms with van der Waals surface area (Å²) in [6.45, 7) is 3.66. The zero-order valence-corrected chi connectivity index (χ0v) is 15.1. The maximum Gasteiger partial charge on any atom is 0.261 e. The molecule has 3 aromatic rings. The van der Waals surface area contributed by atoms with Crippen molar-refractivity contribution in [2.75, 3.05) is 10.0 Å². The largest absolute Gasteiger partial charge is 0.319 e. The van der Waals surface area contributed by atoms with Gasteiger partial charge < -0.3 is 5.32 Å². The summed E-state index contributed by atoms with van der Waals surface area (Å²) in [5.74, 6) is -0.406. The van der Waals surface area contributed by atoms with E-state index in [1.165, 1.54) is 24.5 Å². The predicted octanol–water partition coefficient (Wildman–Crippen LogP) is 3.08. The number of anilines is 2. The van der Waals surface area contributed by atoms with Gasteiger partial charge in [-0.05, 0) is 43.7 Å². The quantitative estimate of drug-likeness (QED) is 0.642. The van der Waals surface area contributed by atoms with Crippen LogP contribution in [0.5, 0.6) is 0 Å². The first-order valence-corrected chi connectivity index (χ1v) is 9.34. The van der Waals surface area contributed by atoms with E-state index in [0.717, 1.165) is 5.56 Å². The van der Waals surface area contributed by atoms with Crippen molar-refractivity contribution >= 4 is 27.3 Å². The van der Waals surface area contributed by atoms with Gasteiger partial charge >= 0.3 is 0 Å². The number of amides is 1. The average Bonchev–Trinajstić information content (AvgIpc) is 3.10. The monoisotopic (exact) mass is 370 g/mol. The van der Waals surface area contributed by atoms with E-state index < -0.39 is 15.9 Å². The first-order chi connectivity index (χ1) is 12.3. The molecular weight excluding hydrogens is 352 g/mol. The topological polar surface area (TPSA) is 104 Å². The lowest BCUT2D eigenvalue weighted by atomic mass is 10.1. The highest BCUT2D eigenvalue weighted by Crippen LogP contribution is 2.20. The molecule has 1 aromatic heterocycles. The number of hydrogen-bond acceptors (Lipinski definition) is 4. The Morgan fingerprint density at radius 2 is 1.77 bits per heavy atom. The Morgan fingerprint density at radius 1 is 1.04 bits per heavy atom. The standard InChI is InChI=1S/C18H18N4O3S/c1-12-3-6-14(7-4-12)22-26(24,25)16-8-5-13(2)17(9-16)18(23)21-15-10-19-20-11-15/h3-11,22H,1-2H3,(H,19,20)(H,21,23). The van der Waals surface area contributed by atoms with Crippen LogP contribution in [-0.4, -0.2) is 24.5 Å². The van der Waals surface area contributed by atoms with Crippen LogP contribution in [0.25, 0.3) is 0 Å². The molecule has 0 saturated heterocycles. The highest BCUT2D eigenvalue weighted by molar-refractivity contribution is 7.92. The summed E-state index contributed by atoms with van der Waals surface area (Å²) in [4.78, 5) is 12.5. The molecule has 0 spiro atoms. The van der Waals surface area contributed by atoms with Crippen LogP contribution < -0.4 is 10.0 Å². The molecule has 0 saturated carbocycles. The average molecular weight is 370 g/mol. The molecule has 0 unspecified atom stereocenters. The molecule has 1 amide bonds. The summed E-state index contributed by atoms with van der Waals surface area (Å²) in [6, 6.07) is 11.4. The molecule has 0 fully saturated rings. The summed E-state index contributed by atoms with van der Waals surface area (Å²) < 4.78 is 27.8. The predicted molar refractivity (Wildman–Crippen MR) is 99.7 cm³/mol. The number of sulfonamides is 1. The van der Waals surface area contributed by atoms with E-state index in [1.807, 2.05) is 19.1 Å². The first-order valence-electron chi connectivity index (χ1n) is 7.85. The zero-order valence-electron chi connectivity index (χ0n) is 14.3. The lowest BCUT2D eigenvalue weighted by Crippen LogP contribution is -2.17. The third-order valence-corrected chi connectivity index (χ3v) is 5.20. The van der Waals surface area contributed by atoms with Gasteiger partial charge in [0.15, 0.2) is 0 Å². The van der Waals surface area contributed by atoms with E-state index in [-0.39, 0.29) is 10.5 Å². The number of carbonyl (C=O) groups is 1. The maximum absolute atomic E-state index is 12.6. The Morgan fingerprint density at radius 3 is 2.42 bits per heavy atom. The fourth-order valence-corrected chi connectivity index (χ4v) is 3.45. The number of aryl methyl sites for hydroxylation is 2. The summed E-state index contributed by atoms with van der Waals surface area (Å²) in [6.07, 6.45) is 3.00. The Balaban J connectivity index is 1.88. The Kier molecular flexibility index (Phi) is 4.77. The van der Waals surface area contributed by atoms with Crippen molar-refractivity contribution in [2.24, 2.45) is 0 Å².